The molecule has 2 aromatic heterocycles. The number of rotatable bonds is 5. The van der Waals surface area contributed by atoms with E-state index in [1.165, 1.54) is 0 Å². The number of aromatic nitrogens is 4. The monoisotopic (exact) mass is 454 g/mol. The zero-order chi connectivity index (χ0) is 23.8. The summed E-state index contributed by atoms with van der Waals surface area (Å²) in [7, 11) is 1.80. The van der Waals surface area contributed by atoms with Crippen LogP contribution in [0.3, 0.4) is 0 Å². The van der Waals surface area contributed by atoms with Crippen LogP contribution in [0.25, 0.3) is 5.78 Å². The van der Waals surface area contributed by atoms with Crippen molar-refractivity contribution in [2.24, 2.45) is 5.92 Å². The van der Waals surface area contributed by atoms with E-state index in [-0.39, 0.29) is 36.0 Å². The van der Waals surface area contributed by atoms with Gasteiger partial charge in [-0.05, 0) is 52.5 Å². The molecule has 0 bridgehead atoms. The Morgan fingerprint density at radius 1 is 1.16 bits per heavy atom. The standard InChI is InChI=1S/C21H29F3N6O2/c1-12(2)28(5)18(32)15-8-10-29(11-9-15)17(31)7-6-16-13(3)25-20-26-19(21(22,23)24)27-30(20)14(16)4/h12,15H,6-11H2,1-5H3. The van der Waals surface area contributed by atoms with Crippen molar-refractivity contribution in [2.45, 2.75) is 65.6 Å². The van der Waals surface area contributed by atoms with E-state index in [9.17, 15) is 22.8 Å². The molecule has 176 valence electrons. The first-order chi connectivity index (χ1) is 14.9. The third-order valence-electron chi connectivity index (χ3n) is 6.21. The van der Waals surface area contributed by atoms with Gasteiger partial charge in [0.2, 0.25) is 11.8 Å². The van der Waals surface area contributed by atoms with Crippen molar-refractivity contribution in [3.05, 3.63) is 22.8 Å². The number of nitrogens with zero attached hydrogens (tertiary/aromatic N) is 6. The Kier molecular flexibility index (Phi) is 6.75. The normalized spacial score (nSPS) is 15.6. The number of hydrogen-bond donors (Lipinski definition) is 0. The number of amides is 2. The van der Waals surface area contributed by atoms with Crippen LogP contribution in [0.4, 0.5) is 13.2 Å². The second-order valence-corrected chi connectivity index (χ2v) is 8.60. The largest absolute Gasteiger partial charge is 0.453 e. The second-order valence-electron chi connectivity index (χ2n) is 8.60. The lowest BCUT2D eigenvalue weighted by Crippen LogP contribution is -2.45. The summed E-state index contributed by atoms with van der Waals surface area (Å²) in [4.78, 5) is 36.4. The summed E-state index contributed by atoms with van der Waals surface area (Å²) >= 11 is 0. The molecule has 2 amide bonds. The Hall–Kier alpha value is -2.72. The topological polar surface area (TPSA) is 83.7 Å². The van der Waals surface area contributed by atoms with Crippen LogP contribution >= 0.6 is 0 Å². The minimum atomic E-state index is -4.65. The van der Waals surface area contributed by atoms with Gasteiger partial charge in [-0.25, -0.2) is 9.50 Å². The van der Waals surface area contributed by atoms with Crippen molar-refractivity contribution in [3.8, 4) is 0 Å². The van der Waals surface area contributed by atoms with Gasteiger partial charge in [0, 0.05) is 49.9 Å². The van der Waals surface area contributed by atoms with Crippen molar-refractivity contribution in [2.75, 3.05) is 20.1 Å². The summed E-state index contributed by atoms with van der Waals surface area (Å²) in [5.74, 6) is -1.34. The molecular formula is C21H29F3N6O2. The minimum Gasteiger partial charge on any atom is -0.343 e. The van der Waals surface area contributed by atoms with Gasteiger partial charge >= 0.3 is 6.18 Å². The van der Waals surface area contributed by atoms with Crippen LogP contribution in [0, 0.1) is 19.8 Å². The third-order valence-corrected chi connectivity index (χ3v) is 6.21. The molecule has 3 heterocycles. The van der Waals surface area contributed by atoms with Crippen LogP contribution in [0.5, 0.6) is 0 Å². The molecule has 1 aliphatic rings. The third kappa shape index (κ3) is 4.86. The molecule has 0 atom stereocenters. The summed E-state index contributed by atoms with van der Waals surface area (Å²) in [6.45, 7) is 8.32. The van der Waals surface area contributed by atoms with Gasteiger partial charge in [0.1, 0.15) is 0 Å². The Labute approximate surface area is 184 Å². The molecule has 1 saturated heterocycles. The fraction of sp³-hybridized carbons (Fsp3) is 0.667. The summed E-state index contributed by atoms with van der Waals surface area (Å²) in [5, 5.41) is 3.54. The van der Waals surface area contributed by atoms with Crippen LogP contribution in [-0.4, -0.2) is 67.4 Å². The van der Waals surface area contributed by atoms with Crippen LogP contribution in [0.15, 0.2) is 0 Å². The Balaban J connectivity index is 1.63. The lowest BCUT2D eigenvalue weighted by atomic mass is 9.94. The van der Waals surface area contributed by atoms with E-state index in [1.54, 1.807) is 30.7 Å². The smallest absolute Gasteiger partial charge is 0.343 e. The van der Waals surface area contributed by atoms with Gasteiger partial charge in [0.25, 0.3) is 11.6 Å². The molecule has 2 aromatic rings. The maximum absolute atomic E-state index is 12.9. The van der Waals surface area contributed by atoms with Gasteiger partial charge in [0.05, 0.1) is 0 Å². The Morgan fingerprint density at radius 2 is 1.78 bits per heavy atom. The summed E-state index contributed by atoms with van der Waals surface area (Å²) < 4.78 is 39.9. The number of carbonyl (C=O) groups excluding carboxylic acids is 2. The predicted molar refractivity (Wildman–Crippen MR) is 111 cm³/mol. The highest BCUT2D eigenvalue weighted by Gasteiger charge is 2.37. The van der Waals surface area contributed by atoms with Crippen LogP contribution in [0.1, 0.15) is 55.9 Å². The number of aryl methyl sites for hydroxylation is 2. The maximum atomic E-state index is 12.9. The highest BCUT2D eigenvalue weighted by molar-refractivity contribution is 5.80. The average molecular weight is 454 g/mol. The number of alkyl halides is 3. The fourth-order valence-corrected chi connectivity index (χ4v) is 4.00. The van der Waals surface area contributed by atoms with E-state index < -0.39 is 12.0 Å². The number of carbonyl (C=O) groups is 2. The number of fused-ring (bicyclic) bond motifs is 1. The van der Waals surface area contributed by atoms with Gasteiger partial charge in [-0.3, -0.25) is 9.59 Å². The quantitative estimate of drug-likeness (QED) is 0.694. The molecule has 11 heteroatoms. The van der Waals surface area contributed by atoms with E-state index in [1.807, 2.05) is 13.8 Å². The van der Waals surface area contributed by atoms with Crippen LogP contribution < -0.4 is 0 Å². The molecule has 1 fully saturated rings. The lowest BCUT2D eigenvalue weighted by molar-refractivity contribution is -0.144. The summed E-state index contributed by atoms with van der Waals surface area (Å²) in [6.07, 6.45) is -2.84. The highest BCUT2D eigenvalue weighted by atomic mass is 19.4. The molecule has 0 radical (unpaired) electrons. The first kappa shape index (κ1) is 23.9. The van der Waals surface area contributed by atoms with E-state index in [0.717, 1.165) is 4.52 Å². The molecule has 0 saturated carbocycles. The van der Waals surface area contributed by atoms with Gasteiger partial charge in [-0.15, -0.1) is 5.10 Å². The lowest BCUT2D eigenvalue weighted by Gasteiger charge is -2.34. The molecule has 3 rings (SSSR count). The highest BCUT2D eigenvalue weighted by Crippen LogP contribution is 2.27. The SMILES string of the molecule is Cc1nc2nc(C(F)(F)F)nn2c(C)c1CCC(=O)N1CCC(C(=O)N(C)C(C)C)CC1. The maximum Gasteiger partial charge on any atom is 0.453 e. The van der Waals surface area contributed by atoms with E-state index in [4.69, 9.17) is 0 Å². The molecule has 0 N–H and O–H groups in total. The van der Waals surface area contributed by atoms with Gasteiger partial charge in [-0.2, -0.15) is 18.2 Å². The zero-order valence-electron chi connectivity index (χ0n) is 19.0. The Morgan fingerprint density at radius 3 is 2.34 bits per heavy atom. The van der Waals surface area contributed by atoms with Gasteiger partial charge in [-0.1, -0.05) is 0 Å². The first-order valence-corrected chi connectivity index (χ1v) is 10.7. The number of likely N-dealkylation sites (tertiary alicyclic amines) is 1. The second kappa shape index (κ2) is 9.03. The minimum absolute atomic E-state index is 0.0402. The van der Waals surface area contributed by atoms with E-state index >= 15 is 0 Å². The van der Waals surface area contributed by atoms with Crippen molar-refractivity contribution in [3.63, 3.8) is 0 Å². The molecule has 0 aromatic carbocycles. The molecule has 8 nitrogen and oxygen atoms in total. The van der Waals surface area contributed by atoms with Gasteiger partial charge in [0.15, 0.2) is 0 Å². The average Bonchev–Trinajstić information content (AvgIpc) is 3.17. The molecule has 32 heavy (non-hydrogen) atoms. The van der Waals surface area contributed by atoms with E-state index in [2.05, 4.69) is 15.1 Å². The molecular weight excluding hydrogens is 425 g/mol. The molecule has 0 spiro atoms. The summed E-state index contributed by atoms with van der Waals surface area (Å²) in [5.41, 5.74) is 1.71. The number of hydrogen-bond acceptors (Lipinski definition) is 5. The molecule has 0 unspecified atom stereocenters. The predicted octanol–water partition coefficient (Wildman–Crippen LogP) is 2.80. The van der Waals surface area contributed by atoms with Crippen LogP contribution in [-0.2, 0) is 22.2 Å². The van der Waals surface area contributed by atoms with Crippen molar-refractivity contribution >= 4 is 17.6 Å². The van der Waals surface area contributed by atoms with Crippen LogP contribution in [0.2, 0.25) is 0 Å². The van der Waals surface area contributed by atoms with Crippen molar-refractivity contribution in [1.29, 1.82) is 0 Å². The van der Waals surface area contributed by atoms with Crippen molar-refractivity contribution in [1.82, 2.24) is 29.4 Å². The first-order valence-electron chi connectivity index (χ1n) is 10.7. The zero-order valence-corrected chi connectivity index (χ0v) is 19.0. The van der Waals surface area contributed by atoms with E-state index in [0.29, 0.717) is 49.3 Å². The van der Waals surface area contributed by atoms with Crippen molar-refractivity contribution < 1.29 is 22.8 Å². The number of halogens is 3. The number of piperidine rings is 1. The molecule has 1 aliphatic heterocycles. The Bertz CT molecular complexity index is 1010. The fourth-order valence-electron chi connectivity index (χ4n) is 4.00. The molecule has 0 aliphatic carbocycles. The van der Waals surface area contributed by atoms with Gasteiger partial charge < -0.3 is 9.80 Å². The summed E-state index contributed by atoms with van der Waals surface area (Å²) in [6, 6.07) is 0.136.